The molecule has 4 rings (SSSR count). The highest BCUT2D eigenvalue weighted by molar-refractivity contribution is 5.94. The minimum absolute atomic E-state index is 0.0203. The quantitative estimate of drug-likeness (QED) is 0.635. The predicted molar refractivity (Wildman–Crippen MR) is 115 cm³/mol. The number of carbonyl (C=O) groups is 1. The van der Waals surface area contributed by atoms with Crippen molar-refractivity contribution in [2.75, 3.05) is 11.9 Å². The fourth-order valence-corrected chi connectivity index (χ4v) is 4.41. The van der Waals surface area contributed by atoms with E-state index in [0.29, 0.717) is 0 Å². The molecule has 142 valence electrons. The minimum atomic E-state index is -0.801. The summed E-state index contributed by atoms with van der Waals surface area (Å²) in [5, 5.41) is 13.2. The third kappa shape index (κ3) is 3.07. The standard InChI is InChI=1S/C25H25NO2/c1-15-8-10-19(11-9-15)23-17(3)24-20-7-5-4-6-18(20)12-13-26-25(24)16(2)21(23)14-22(27)28/h4-11,26H,12-14H2,1-3H3,(H,27,28). The van der Waals surface area contributed by atoms with Gasteiger partial charge in [0.2, 0.25) is 0 Å². The van der Waals surface area contributed by atoms with E-state index in [1.807, 2.05) is 0 Å². The van der Waals surface area contributed by atoms with Crippen molar-refractivity contribution < 1.29 is 9.90 Å². The summed E-state index contributed by atoms with van der Waals surface area (Å²) in [7, 11) is 0. The van der Waals surface area contributed by atoms with Crippen LogP contribution in [0.5, 0.6) is 0 Å². The molecule has 3 nitrogen and oxygen atoms in total. The normalized spacial score (nSPS) is 12.5. The van der Waals surface area contributed by atoms with Crippen LogP contribution >= 0.6 is 0 Å². The molecule has 0 unspecified atom stereocenters. The van der Waals surface area contributed by atoms with Crippen molar-refractivity contribution in [3.63, 3.8) is 0 Å². The van der Waals surface area contributed by atoms with E-state index >= 15 is 0 Å². The molecule has 3 aromatic rings. The van der Waals surface area contributed by atoms with E-state index in [1.165, 1.54) is 22.3 Å². The highest BCUT2D eigenvalue weighted by Gasteiger charge is 2.25. The van der Waals surface area contributed by atoms with Gasteiger partial charge in [-0.2, -0.15) is 0 Å². The Bertz CT molecular complexity index is 1060. The molecule has 0 radical (unpaired) electrons. The van der Waals surface area contributed by atoms with Gasteiger partial charge in [0.05, 0.1) is 6.42 Å². The summed E-state index contributed by atoms with van der Waals surface area (Å²) in [5.41, 5.74) is 11.3. The Morgan fingerprint density at radius 1 is 0.964 bits per heavy atom. The zero-order valence-electron chi connectivity index (χ0n) is 16.6. The molecule has 1 aliphatic heterocycles. The van der Waals surface area contributed by atoms with Crippen LogP contribution in [0.4, 0.5) is 5.69 Å². The minimum Gasteiger partial charge on any atom is -0.481 e. The van der Waals surface area contributed by atoms with Gasteiger partial charge >= 0.3 is 5.97 Å². The Kier molecular flexibility index (Phi) is 4.68. The second kappa shape index (κ2) is 7.16. The van der Waals surface area contributed by atoms with Crippen LogP contribution < -0.4 is 5.32 Å². The number of aryl methyl sites for hydroxylation is 1. The van der Waals surface area contributed by atoms with Crippen LogP contribution in [0.1, 0.15) is 27.8 Å². The Morgan fingerprint density at radius 3 is 2.39 bits per heavy atom. The van der Waals surface area contributed by atoms with Crippen LogP contribution in [0.15, 0.2) is 48.5 Å². The number of fused-ring (bicyclic) bond motifs is 3. The van der Waals surface area contributed by atoms with E-state index in [2.05, 4.69) is 74.6 Å². The summed E-state index contributed by atoms with van der Waals surface area (Å²) in [6.07, 6.45) is 0.977. The van der Waals surface area contributed by atoms with Crippen molar-refractivity contribution in [2.45, 2.75) is 33.6 Å². The topological polar surface area (TPSA) is 49.3 Å². The molecule has 1 heterocycles. The maximum atomic E-state index is 11.7. The summed E-state index contributed by atoms with van der Waals surface area (Å²) in [4.78, 5) is 11.7. The first kappa shape index (κ1) is 18.3. The molecule has 2 N–H and O–H groups in total. The van der Waals surface area contributed by atoms with E-state index in [0.717, 1.165) is 46.5 Å². The summed E-state index contributed by atoms with van der Waals surface area (Å²) in [6.45, 7) is 7.09. The number of benzene rings is 3. The number of carboxylic acids is 1. The molecule has 1 aliphatic rings. The number of hydrogen-bond acceptors (Lipinski definition) is 2. The van der Waals surface area contributed by atoms with Gasteiger partial charge in [-0.05, 0) is 66.1 Å². The van der Waals surface area contributed by atoms with E-state index in [4.69, 9.17) is 0 Å². The molecule has 0 aromatic heterocycles. The molecule has 0 saturated carbocycles. The van der Waals surface area contributed by atoms with Crippen molar-refractivity contribution in [3.05, 3.63) is 76.3 Å². The third-order valence-corrected chi connectivity index (χ3v) is 5.78. The van der Waals surface area contributed by atoms with Gasteiger partial charge < -0.3 is 10.4 Å². The highest BCUT2D eigenvalue weighted by Crippen LogP contribution is 2.45. The lowest BCUT2D eigenvalue weighted by Crippen LogP contribution is -2.11. The lowest BCUT2D eigenvalue weighted by atomic mass is 9.82. The largest absolute Gasteiger partial charge is 0.481 e. The van der Waals surface area contributed by atoms with Gasteiger partial charge in [0.1, 0.15) is 0 Å². The van der Waals surface area contributed by atoms with Crippen LogP contribution in [-0.4, -0.2) is 17.6 Å². The first-order valence-corrected chi connectivity index (χ1v) is 9.74. The van der Waals surface area contributed by atoms with Gasteiger partial charge in [-0.25, -0.2) is 0 Å². The molecular formula is C25H25NO2. The van der Waals surface area contributed by atoms with Crippen LogP contribution in [0, 0.1) is 20.8 Å². The van der Waals surface area contributed by atoms with Crippen molar-refractivity contribution in [1.29, 1.82) is 0 Å². The molecule has 0 amide bonds. The van der Waals surface area contributed by atoms with Gasteiger partial charge in [0.25, 0.3) is 0 Å². The smallest absolute Gasteiger partial charge is 0.307 e. The Morgan fingerprint density at radius 2 is 1.68 bits per heavy atom. The lowest BCUT2D eigenvalue weighted by Gasteiger charge is -2.24. The molecule has 28 heavy (non-hydrogen) atoms. The first-order valence-electron chi connectivity index (χ1n) is 9.74. The molecule has 0 spiro atoms. The second-order valence-electron chi connectivity index (χ2n) is 7.62. The molecule has 0 atom stereocenters. The molecular weight excluding hydrogens is 346 g/mol. The number of aliphatic carboxylic acids is 1. The highest BCUT2D eigenvalue weighted by atomic mass is 16.4. The van der Waals surface area contributed by atoms with Crippen molar-refractivity contribution in [1.82, 2.24) is 0 Å². The lowest BCUT2D eigenvalue weighted by molar-refractivity contribution is -0.136. The number of rotatable bonds is 3. The van der Waals surface area contributed by atoms with Crippen LogP contribution in [0.2, 0.25) is 0 Å². The van der Waals surface area contributed by atoms with Gasteiger partial charge in [-0.1, -0.05) is 54.1 Å². The molecule has 0 fully saturated rings. The molecule has 0 saturated heterocycles. The van der Waals surface area contributed by atoms with Crippen molar-refractivity contribution >= 4 is 11.7 Å². The summed E-state index contributed by atoms with van der Waals surface area (Å²) in [6, 6.07) is 16.9. The van der Waals surface area contributed by atoms with Crippen molar-refractivity contribution in [3.8, 4) is 22.3 Å². The maximum Gasteiger partial charge on any atom is 0.307 e. The number of carboxylic acid groups (broad SMARTS) is 1. The average molecular weight is 371 g/mol. The van der Waals surface area contributed by atoms with Gasteiger partial charge in [-0.15, -0.1) is 0 Å². The summed E-state index contributed by atoms with van der Waals surface area (Å²) >= 11 is 0. The molecule has 0 bridgehead atoms. The van der Waals surface area contributed by atoms with Crippen molar-refractivity contribution in [2.24, 2.45) is 0 Å². The van der Waals surface area contributed by atoms with E-state index in [-0.39, 0.29) is 6.42 Å². The van der Waals surface area contributed by atoms with Crippen LogP contribution in [0.25, 0.3) is 22.3 Å². The molecule has 3 heteroatoms. The number of anilines is 1. The van der Waals surface area contributed by atoms with E-state index < -0.39 is 5.97 Å². The summed E-state index contributed by atoms with van der Waals surface area (Å²) < 4.78 is 0. The average Bonchev–Trinajstić information content (AvgIpc) is 2.87. The Labute approximate surface area is 166 Å². The Hall–Kier alpha value is -3.07. The Balaban J connectivity index is 2.09. The molecule has 0 aliphatic carbocycles. The van der Waals surface area contributed by atoms with E-state index in [9.17, 15) is 9.90 Å². The maximum absolute atomic E-state index is 11.7. The molecule has 3 aromatic carbocycles. The van der Waals surface area contributed by atoms with Crippen LogP contribution in [-0.2, 0) is 17.6 Å². The monoisotopic (exact) mass is 371 g/mol. The third-order valence-electron chi connectivity index (χ3n) is 5.78. The van der Waals surface area contributed by atoms with Gasteiger partial charge in [0.15, 0.2) is 0 Å². The van der Waals surface area contributed by atoms with Gasteiger partial charge in [0, 0.05) is 17.8 Å². The summed E-state index contributed by atoms with van der Waals surface area (Å²) in [5.74, 6) is -0.801. The zero-order chi connectivity index (χ0) is 19.8. The predicted octanol–water partition coefficient (Wildman–Crippen LogP) is 5.54. The number of nitrogens with one attached hydrogen (secondary N) is 1. The zero-order valence-corrected chi connectivity index (χ0v) is 16.6. The van der Waals surface area contributed by atoms with E-state index in [1.54, 1.807) is 0 Å². The second-order valence-corrected chi connectivity index (χ2v) is 7.62. The SMILES string of the molecule is Cc1ccc(-c2c(C)c3c(c(C)c2CC(=O)O)NCCc2ccccc2-3)cc1. The number of hydrogen-bond donors (Lipinski definition) is 2. The van der Waals surface area contributed by atoms with Gasteiger partial charge in [-0.3, -0.25) is 4.79 Å². The fourth-order valence-electron chi connectivity index (χ4n) is 4.41. The van der Waals surface area contributed by atoms with Crippen LogP contribution in [0.3, 0.4) is 0 Å². The first-order chi connectivity index (χ1) is 13.5. The fraction of sp³-hybridized carbons (Fsp3) is 0.240.